The Bertz CT molecular complexity index is 214. The van der Waals surface area contributed by atoms with Crippen molar-refractivity contribution in [2.45, 2.75) is 31.4 Å². The van der Waals surface area contributed by atoms with Crippen LogP contribution in [-0.2, 0) is 4.79 Å². The minimum atomic E-state index is -0.400. The first-order chi connectivity index (χ1) is 7.15. The van der Waals surface area contributed by atoms with Crippen molar-refractivity contribution >= 4 is 17.7 Å². The first-order valence-electron chi connectivity index (χ1n) is 5.36. The van der Waals surface area contributed by atoms with Gasteiger partial charge in [0.15, 0.2) is 0 Å². The van der Waals surface area contributed by atoms with Crippen LogP contribution in [0.5, 0.6) is 0 Å². The fourth-order valence-corrected chi connectivity index (χ4v) is 2.25. The summed E-state index contributed by atoms with van der Waals surface area (Å²) < 4.78 is 0. The zero-order valence-corrected chi connectivity index (χ0v) is 10.0. The number of hydrogen-bond donors (Lipinski definition) is 2. The maximum absolute atomic E-state index is 11.8. The lowest BCUT2D eigenvalue weighted by molar-refractivity contribution is -0.135. The highest BCUT2D eigenvalue weighted by atomic mass is 32.2. The highest BCUT2D eigenvalue weighted by Crippen LogP contribution is 2.11. The summed E-state index contributed by atoms with van der Waals surface area (Å²) in [6.45, 7) is 1.19. The molecule has 1 fully saturated rings. The van der Waals surface area contributed by atoms with E-state index in [4.69, 9.17) is 5.73 Å². The van der Waals surface area contributed by atoms with Gasteiger partial charge in [-0.25, -0.2) is 0 Å². The minimum absolute atomic E-state index is 0.0113. The number of nitrogens with two attached hydrogens (primary N) is 1. The maximum atomic E-state index is 11.8. The zero-order chi connectivity index (χ0) is 11.3. The predicted octanol–water partition coefficient (Wildman–Crippen LogP) is 0.0501. The third-order valence-electron chi connectivity index (χ3n) is 2.66. The molecule has 1 saturated heterocycles. The summed E-state index contributed by atoms with van der Waals surface area (Å²) in [7, 11) is 0. The number of aliphatic hydroxyl groups excluding tert-OH is 1. The number of thioether (sulfide) groups is 1. The molecule has 1 amide bonds. The third-order valence-corrected chi connectivity index (χ3v) is 3.30. The van der Waals surface area contributed by atoms with E-state index in [9.17, 15) is 9.90 Å². The molecule has 0 aromatic heterocycles. The van der Waals surface area contributed by atoms with E-state index in [-0.39, 0.29) is 12.0 Å². The van der Waals surface area contributed by atoms with Gasteiger partial charge in [0.2, 0.25) is 5.91 Å². The largest absolute Gasteiger partial charge is 0.391 e. The van der Waals surface area contributed by atoms with Crippen LogP contribution in [0.15, 0.2) is 0 Å². The average Bonchev–Trinajstić information content (AvgIpc) is 2.24. The van der Waals surface area contributed by atoms with Gasteiger partial charge in [0, 0.05) is 13.1 Å². The molecule has 0 aromatic rings. The topological polar surface area (TPSA) is 66.6 Å². The van der Waals surface area contributed by atoms with E-state index in [1.165, 1.54) is 0 Å². The summed E-state index contributed by atoms with van der Waals surface area (Å²) in [5.41, 5.74) is 5.79. The van der Waals surface area contributed by atoms with Crippen molar-refractivity contribution in [1.29, 1.82) is 0 Å². The second-order valence-corrected chi connectivity index (χ2v) is 4.95. The van der Waals surface area contributed by atoms with Gasteiger partial charge in [0.1, 0.15) is 0 Å². The summed E-state index contributed by atoms with van der Waals surface area (Å²) in [6.07, 6.45) is 4.02. The highest BCUT2D eigenvalue weighted by molar-refractivity contribution is 7.98. The standard InChI is InChI=1S/C10H20N2O2S/c1-15-6-4-9(11)10(14)12-5-2-3-8(13)7-12/h8-9,13H,2-7,11H2,1H3. The second-order valence-electron chi connectivity index (χ2n) is 3.97. The van der Waals surface area contributed by atoms with Crippen LogP contribution < -0.4 is 5.73 Å². The smallest absolute Gasteiger partial charge is 0.239 e. The Morgan fingerprint density at radius 1 is 1.73 bits per heavy atom. The van der Waals surface area contributed by atoms with Crippen LogP contribution in [0.1, 0.15) is 19.3 Å². The molecule has 3 N–H and O–H groups in total. The fraction of sp³-hybridized carbons (Fsp3) is 0.900. The van der Waals surface area contributed by atoms with Gasteiger partial charge in [-0.05, 0) is 31.3 Å². The van der Waals surface area contributed by atoms with Crippen LogP contribution in [0.25, 0.3) is 0 Å². The van der Waals surface area contributed by atoms with Crippen molar-refractivity contribution in [3.63, 3.8) is 0 Å². The van der Waals surface area contributed by atoms with Gasteiger partial charge in [-0.15, -0.1) is 0 Å². The molecule has 2 unspecified atom stereocenters. The molecule has 88 valence electrons. The van der Waals surface area contributed by atoms with Gasteiger partial charge < -0.3 is 15.7 Å². The normalized spacial score (nSPS) is 23.9. The second kappa shape index (κ2) is 6.35. The summed E-state index contributed by atoms with van der Waals surface area (Å²) in [5, 5.41) is 9.45. The minimum Gasteiger partial charge on any atom is -0.391 e. The van der Waals surface area contributed by atoms with Gasteiger partial charge in [-0.3, -0.25) is 4.79 Å². The number of aliphatic hydroxyl groups is 1. The molecular weight excluding hydrogens is 212 g/mol. The van der Waals surface area contributed by atoms with Crippen LogP contribution in [0.3, 0.4) is 0 Å². The van der Waals surface area contributed by atoms with E-state index in [0.29, 0.717) is 13.0 Å². The molecule has 4 nitrogen and oxygen atoms in total. The van der Waals surface area contributed by atoms with E-state index >= 15 is 0 Å². The molecule has 1 heterocycles. The summed E-state index contributed by atoms with van der Waals surface area (Å²) in [5.74, 6) is 0.895. The number of carbonyl (C=O) groups is 1. The quantitative estimate of drug-likeness (QED) is 0.719. The number of β-amino-alcohol motifs (C(OH)–C–C–N with tert-alkyl or cyclic N) is 1. The summed E-state index contributed by atoms with van der Waals surface area (Å²) >= 11 is 1.69. The summed E-state index contributed by atoms with van der Waals surface area (Å²) in [6, 6.07) is -0.400. The van der Waals surface area contributed by atoms with E-state index < -0.39 is 6.04 Å². The van der Waals surface area contributed by atoms with Crippen LogP contribution in [0, 0.1) is 0 Å². The van der Waals surface area contributed by atoms with Crippen LogP contribution in [0.4, 0.5) is 0 Å². The van der Waals surface area contributed by atoms with Gasteiger partial charge in [-0.2, -0.15) is 11.8 Å². The van der Waals surface area contributed by atoms with E-state index in [0.717, 1.165) is 25.1 Å². The first-order valence-corrected chi connectivity index (χ1v) is 6.76. The van der Waals surface area contributed by atoms with Gasteiger partial charge in [0.25, 0.3) is 0 Å². The fourth-order valence-electron chi connectivity index (χ4n) is 1.76. The lowest BCUT2D eigenvalue weighted by atomic mass is 10.1. The molecule has 0 radical (unpaired) electrons. The Kier molecular flexibility index (Phi) is 5.42. The molecule has 15 heavy (non-hydrogen) atoms. The predicted molar refractivity (Wildman–Crippen MR) is 62.8 cm³/mol. The Labute approximate surface area is 95.2 Å². The van der Waals surface area contributed by atoms with Crippen LogP contribution >= 0.6 is 11.8 Å². The molecule has 0 aromatic carbocycles. The molecule has 1 aliphatic heterocycles. The van der Waals surface area contributed by atoms with Gasteiger partial charge in [0.05, 0.1) is 12.1 Å². The molecular formula is C10H20N2O2S. The maximum Gasteiger partial charge on any atom is 0.239 e. The Morgan fingerprint density at radius 3 is 3.07 bits per heavy atom. The molecule has 1 rings (SSSR count). The average molecular weight is 232 g/mol. The number of hydrogen-bond acceptors (Lipinski definition) is 4. The Hall–Kier alpha value is -0.260. The molecule has 2 atom stereocenters. The Balaban J connectivity index is 2.37. The van der Waals surface area contributed by atoms with Crippen molar-refractivity contribution in [3.05, 3.63) is 0 Å². The van der Waals surface area contributed by atoms with E-state index in [2.05, 4.69) is 0 Å². The molecule has 0 bridgehead atoms. The van der Waals surface area contributed by atoms with E-state index in [1.807, 2.05) is 6.26 Å². The SMILES string of the molecule is CSCCC(N)C(=O)N1CCCC(O)C1. The first kappa shape index (κ1) is 12.8. The van der Waals surface area contributed by atoms with Crippen LogP contribution in [0.2, 0.25) is 0 Å². The number of rotatable bonds is 4. The zero-order valence-electron chi connectivity index (χ0n) is 9.19. The third kappa shape index (κ3) is 4.01. The van der Waals surface area contributed by atoms with E-state index in [1.54, 1.807) is 16.7 Å². The number of likely N-dealkylation sites (tertiary alicyclic amines) is 1. The number of carbonyl (C=O) groups excluding carboxylic acids is 1. The molecule has 1 aliphatic rings. The van der Waals surface area contributed by atoms with Gasteiger partial charge in [-0.1, -0.05) is 0 Å². The number of amides is 1. The lowest BCUT2D eigenvalue weighted by Crippen LogP contribution is -2.49. The monoisotopic (exact) mass is 232 g/mol. The van der Waals surface area contributed by atoms with Crippen molar-refractivity contribution < 1.29 is 9.90 Å². The van der Waals surface area contributed by atoms with Crippen molar-refractivity contribution in [1.82, 2.24) is 4.90 Å². The molecule has 5 heteroatoms. The molecule has 0 saturated carbocycles. The molecule has 0 aliphatic carbocycles. The van der Waals surface area contributed by atoms with Crippen molar-refractivity contribution in [2.75, 3.05) is 25.1 Å². The van der Waals surface area contributed by atoms with Crippen molar-refractivity contribution in [3.8, 4) is 0 Å². The lowest BCUT2D eigenvalue weighted by Gasteiger charge is -2.31. The number of piperidine rings is 1. The van der Waals surface area contributed by atoms with Crippen molar-refractivity contribution in [2.24, 2.45) is 5.73 Å². The molecule has 0 spiro atoms. The summed E-state index contributed by atoms with van der Waals surface area (Å²) in [4.78, 5) is 13.5. The highest BCUT2D eigenvalue weighted by Gasteiger charge is 2.25. The number of nitrogens with zero attached hydrogens (tertiary/aromatic N) is 1. The Morgan fingerprint density at radius 2 is 2.47 bits per heavy atom. The van der Waals surface area contributed by atoms with Crippen LogP contribution in [-0.4, -0.2) is 53.2 Å². The van der Waals surface area contributed by atoms with Gasteiger partial charge >= 0.3 is 0 Å².